The van der Waals surface area contributed by atoms with Crippen molar-refractivity contribution in [3.63, 3.8) is 0 Å². The van der Waals surface area contributed by atoms with Gasteiger partial charge in [-0.1, -0.05) is 0 Å². The van der Waals surface area contributed by atoms with Crippen molar-refractivity contribution >= 4 is 10.8 Å². The van der Waals surface area contributed by atoms with Gasteiger partial charge in [0.2, 0.25) is 11.0 Å². The lowest BCUT2D eigenvalue weighted by atomic mass is 10.2. The molecule has 30 heavy (non-hydrogen) atoms. The van der Waals surface area contributed by atoms with Crippen molar-refractivity contribution in [3.05, 3.63) is 59.0 Å². The van der Waals surface area contributed by atoms with E-state index >= 15 is 0 Å². The van der Waals surface area contributed by atoms with E-state index < -0.39 is 29.1 Å². The van der Waals surface area contributed by atoms with Gasteiger partial charge < -0.3 is 9.47 Å². The predicted octanol–water partition coefficient (Wildman–Crippen LogP) is 2.98. The zero-order valence-corrected chi connectivity index (χ0v) is 16.7. The number of methoxy groups -OCH3 is 1. The zero-order valence-electron chi connectivity index (χ0n) is 15.8. The molecule has 3 aromatic rings. The van der Waals surface area contributed by atoms with E-state index in [1.54, 1.807) is 12.1 Å². The molecule has 0 aliphatic carbocycles. The highest BCUT2D eigenvalue weighted by Gasteiger charge is 2.28. The van der Waals surface area contributed by atoms with E-state index in [-0.39, 0.29) is 22.3 Å². The molecule has 1 unspecified atom stereocenters. The van der Waals surface area contributed by atoms with Gasteiger partial charge in [-0.2, -0.15) is 13.2 Å². The van der Waals surface area contributed by atoms with Crippen LogP contribution in [0.15, 0.2) is 58.6 Å². The van der Waals surface area contributed by atoms with Crippen LogP contribution in [0, 0.1) is 0 Å². The van der Waals surface area contributed by atoms with Crippen LogP contribution in [0.5, 0.6) is 11.6 Å². The maximum Gasteiger partial charge on any atom is 0.422 e. The molecule has 0 fully saturated rings. The summed E-state index contributed by atoms with van der Waals surface area (Å²) in [5.41, 5.74) is 0.613. The quantitative estimate of drug-likeness (QED) is 0.549. The molecule has 0 amide bonds. The molecule has 1 atom stereocenters. The molecule has 1 aromatic carbocycles. The van der Waals surface area contributed by atoms with Gasteiger partial charge in [0.05, 0.1) is 29.3 Å². The van der Waals surface area contributed by atoms with Crippen molar-refractivity contribution in [2.75, 3.05) is 20.0 Å². The fourth-order valence-electron chi connectivity index (χ4n) is 2.58. The summed E-state index contributed by atoms with van der Waals surface area (Å²) in [6.45, 7) is -1.43. The highest BCUT2D eigenvalue weighted by molar-refractivity contribution is 7.84. The SMILES string of the molecule is COc1cc(-c2cc(=O)n(-c3ccc(OCC(F)(F)F)cc3)c(S(C)=O)n2)ccn1. The number of rotatable bonds is 6. The Hall–Kier alpha value is -3.21. The highest BCUT2D eigenvalue weighted by atomic mass is 32.2. The molecule has 158 valence electrons. The Kier molecular flexibility index (Phi) is 6.20. The van der Waals surface area contributed by atoms with Crippen molar-refractivity contribution < 1.29 is 26.9 Å². The summed E-state index contributed by atoms with van der Waals surface area (Å²) in [7, 11) is -0.187. The number of ether oxygens (including phenoxy) is 2. The first-order chi connectivity index (χ1) is 14.2. The summed E-state index contributed by atoms with van der Waals surface area (Å²) >= 11 is 0. The lowest BCUT2D eigenvalue weighted by Crippen LogP contribution is -2.24. The van der Waals surface area contributed by atoms with Crippen molar-refractivity contribution in [3.8, 4) is 28.6 Å². The monoisotopic (exact) mass is 439 g/mol. The molecule has 11 heteroatoms. The van der Waals surface area contributed by atoms with Crippen LogP contribution in [0.25, 0.3) is 16.9 Å². The smallest absolute Gasteiger partial charge is 0.422 e. The normalized spacial score (nSPS) is 12.4. The van der Waals surface area contributed by atoms with E-state index in [0.29, 0.717) is 11.4 Å². The van der Waals surface area contributed by atoms with Crippen molar-refractivity contribution in [2.24, 2.45) is 0 Å². The van der Waals surface area contributed by atoms with Gasteiger partial charge in [0.15, 0.2) is 6.61 Å². The zero-order chi connectivity index (χ0) is 21.9. The molecule has 2 heterocycles. The van der Waals surface area contributed by atoms with E-state index in [9.17, 15) is 22.2 Å². The van der Waals surface area contributed by atoms with Gasteiger partial charge in [0, 0.05) is 30.1 Å². The molecule has 0 N–H and O–H groups in total. The third-order valence-electron chi connectivity index (χ3n) is 3.88. The van der Waals surface area contributed by atoms with E-state index in [2.05, 4.69) is 14.7 Å². The molecule has 0 aliphatic heterocycles. The standard InChI is InChI=1S/C19H16F3N3O4S/c1-28-16-9-12(7-8-23-16)15-10-17(26)25(18(24-15)30(2)27)13-3-5-14(6-4-13)29-11-19(20,21)22/h3-10H,11H2,1-2H3. The number of hydrogen-bond donors (Lipinski definition) is 0. The van der Waals surface area contributed by atoms with Gasteiger partial charge >= 0.3 is 6.18 Å². The first-order valence-corrected chi connectivity index (χ1v) is 10.0. The topological polar surface area (TPSA) is 83.3 Å². The maximum atomic E-state index is 12.8. The van der Waals surface area contributed by atoms with Gasteiger partial charge in [-0.15, -0.1) is 0 Å². The number of benzene rings is 1. The largest absolute Gasteiger partial charge is 0.484 e. The first kappa shape index (κ1) is 21.5. The minimum atomic E-state index is -4.46. The van der Waals surface area contributed by atoms with Gasteiger partial charge in [0.1, 0.15) is 5.75 Å². The molecule has 0 saturated carbocycles. The van der Waals surface area contributed by atoms with Crippen LogP contribution >= 0.6 is 0 Å². The molecular formula is C19H16F3N3O4S. The minimum Gasteiger partial charge on any atom is -0.484 e. The number of nitrogens with zero attached hydrogens (tertiary/aromatic N) is 3. The molecule has 0 spiro atoms. The summed E-state index contributed by atoms with van der Waals surface area (Å²) in [5, 5.41) is -0.0164. The van der Waals surface area contributed by atoms with Gasteiger partial charge in [-0.25, -0.2) is 9.97 Å². The number of pyridine rings is 1. The number of alkyl halides is 3. The number of hydrogen-bond acceptors (Lipinski definition) is 6. The van der Waals surface area contributed by atoms with Gasteiger partial charge in [-0.3, -0.25) is 13.6 Å². The van der Waals surface area contributed by atoms with Crippen molar-refractivity contribution in [2.45, 2.75) is 11.3 Å². The predicted molar refractivity (Wildman–Crippen MR) is 103 cm³/mol. The highest BCUT2D eigenvalue weighted by Crippen LogP contribution is 2.23. The lowest BCUT2D eigenvalue weighted by Gasteiger charge is -2.13. The van der Waals surface area contributed by atoms with Crippen LogP contribution in [0.3, 0.4) is 0 Å². The fourth-order valence-corrected chi connectivity index (χ4v) is 3.26. The molecule has 0 aliphatic rings. The van der Waals surface area contributed by atoms with E-state index in [4.69, 9.17) is 4.74 Å². The lowest BCUT2D eigenvalue weighted by molar-refractivity contribution is -0.153. The Morgan fingerprint density at radius 2 is 1.83 bits per heavy atom. The molecule has 0 bridgehead atoms. The van der Waals surface area contributed by atoms with Crippen LogP contribution in [0.2, 0.25) is 0 Å². The molecular weight excluding hydrogens is 423 g/mol. The van der Waals surface area contributed by atoms with E-state index in [0.717, 1.165) is 4.57 Å². The Bertz CT molecular complexity index is 1130. The Balaban J connectivity index is 2.01. The van der Waals surface area contributed by atoms with Crippen molar-refractivity contribution in [1.82, 2.24) is 14.5 Å². The molecule has 0 radical (unpaired) electrons. The summed E-state index contributed by atoms with van der Waals surface area (Å²) in [4.78, 5) is 21.1. The number of aromatic nitrogens is 3. The fraction of sp³-hybridized carbons (Fsp3) is 0.211. The summed E-state index contributed by atoms with van der Waals surface area (Å²) in [5.74, 6) is 0.309. The average Bonchev–Trinajstić information content (AvgIpc) is 2.71. The van der Waals surface area contributed by atoms with Crippen LogP contribution in [0.4, 0.5) is 13.2 Å². The van der Waals surface area contributed by atoms with E-state index in [1.807, 2.05) is 0 Å². The summed E-state index contributed by atoms with van der Waals surface area (Å²) < 4.78 is 60.0. The van der Waals surface area contributed by atoms with E-state index in [1.165, 1.54) is 49.9 Å². The minimum absolute atomic E-state index is 0.0164. The van der Waals surface area contributed by atoms with Gasteiger partial charge in [-0.05, 0) is 30.3 Å². The first-order valence-electron chi connectivity index (χ1n) is 8.46. The Labute approximate surface area is 171 Å². The second-order valence-corrected chi connectivity index (χ2v) is 7.31. The molecule has 2 aromatic heterocycles. The average molecular weight is 439 g/mol. The van der Waals surface area contributed by atoms with Crippen LogP contribution < -0.4 is 15.0 Å². The maximum absolute atomic E-state index is 12.8. The van der Waals surface area contributed by atoms with Crippen molar-refractivity contribution in [1.29, 1.82) is 0 Å². The van der Waals surface area contributed by atoms with Gasteiger partial charge in [0.25, 0.3) is 5.56 Å². The third kappa shape index (κ3) is 5.03. The second kappa shape index (κ2) is 8.66. The van der Waals surface area contributed by atoms with Crippen LogP contribution in [-0.4, -0.2) is 44.9 Å². The molecule has 3 rings (SSSR count). The Morgan fingerprint density at radius 3 is 2.43 bits per heavy atom. The third-order valence-corrected chi connectivity index (χ3v) is 4.67. The summed E-state index contributed by atoms with van der Waals surface area (Å²) in [6.07, 6.45) is -1.60. The van der Waals surface area contributed by atoms with Crippen LogP contribution in [-0.2, 0) is 10.8 Å². The van der Waals surface area contributed by atoms with Crippen LogP contribution in [0.1, 0.15) is 0 Å². The summed E-state index contributed by atoms with van der Waals surface area (Å²) in [6, 6.07) is 9.83. The molecule has 7 nitrogen and oxygen atoms in total. The molecule has 0 saturated heterocycles. The second-order valence-electron chi connectivity index (χ2n) is 6.04. The number of halogens is 3. The Morgan fingerprint density at radius 1 is 1.13 bits per heavy atom.